The average Bonchev–Trinajstić information content (AvgIpc) is 2.52. The summed E-state index contributed by atoms with van der Waals surface area (Å²) in [7, 11) is 0. The van der Waals surface area contributed by atoms with Crippen molar-refractivity contribution < 1.29 is 28.8 Å². The third kappa shape index (κ3) is 4.92. The van der Waals surface area contributed by atoms with E-state index in [-0.39, 0.29) is 29.5 Å². The van der Waals surface area contributed by atoms with Gasteiger partial charge in [-0.3, -0.25) is 14.9 Å². The number of rotatable bonds is 7. The van der Waals surface area contributed by atoms with Crippen LogP contribution in [0.2, 0.25) is 5.02 Å². The van der Waals surface area contributed by atoms with Crippen LogP contribution in [0.5, 0.6) is 0 Å². The minimum Gasteiger partial charge on any atom is -0.464 e. The van der Waals surface area contributed by atoms with Crippen molar-refractivity contribution in [2.75, 3.05) is 13.2 Å². The van der Waals surface area contributed by atoms with Gasteiger partial charge in [0.05, 0.1) is 28.7 Å². The maximum absolute atomic E-state index is 12.2. The molecule has 0 aliphatic heterocycles. The summed E-state index contributed by atoms with van der Waals surface area (Å²) in [6.45, 7) is 3.03. The lowest BCUT2D eigenvalue weighted by Crippen LogP contribution is -2.48. The Morgan fingerprint density at radius 3 is 2.21 bits per heavy atom. The number of benzene rings is 1. The number of amides is 1. The van der Waals surface area contributed by atoms with E-state index in [0.29, 0.717) is 0 Å². The van der Waals surface area contributed by atoms with Gasteiger partial charge in [0.15, 0.2) is 0 Å². The molecule has 0 bridgehead atoms. The smallest absolute Gasteiger partial charge is 0.340 e. The molecule has 1 aromatic rings. The Labute approximate surface area is 142 Å². The summed E-state index contributed by atoms with van der Waals surface area (Å²) in [5.74, 6) is -2.97. The number of ether oxygens (including phenoxy) is 2. The van der Waals surface area contributed by atoms with Crippen LogP contribution in [0, 0.1) is 10.1 Å². The monoisotopic (exact) mass is 358 g/mol. The topological polar surface area (TPSA) is 125 Å². The maximum atomic E-state index is 12.2. The number of hydrogen-bond donors (Lipinski definition) is 1. The number of nitro benzene ring substituents is 1. The minimum absolute atomic E-state index is 0.0117. The van der Waals surface area contributed by atoms with Crippen LogP contribution in [0.25, 0.3) is 0 Å². The fourth-order valence-electron chi connectivity index (χ4n) is 1.67. The molecule has 24 heavy (non-hydrogen) atoms. The zero-order valence-electron chi connectivity index (χ0n) is 12.9. The largest absolute Gasteiger partial charge is 0.464 e. The number of hydrogen-bond acceptors (Lipinski definition) is 7. The second-order valence-electron chi connectivity index (χ2n) is 4.33. The Bertz CT molecular complexity index is 645. The number of nitro groups is 1. The lowest BCUT2D eigenvalue weighted by molar-refractivity contribution is -0.384. The fourth-order valence-corrected chi connectivity index (χ4v) is 1.88. The molecule has 1 amide bonds. The van der Waals surface area contributed by atoms with Crippen molar-refractivity contribution in [3.8, 4) is 0 Å². The predicted octanol–water partition coefficient (Wildman–Crippen LogP) is 1.47. The van der Waals surface area contributed by atoms with Crippen LogP contribution in [-0.2, 0) is 19.1 Å². The van der Waals surface area contributed by atoms with E-state index in [4.69, 9.17) is 21.1 Å². The van der Waals surface area contributed by atoms with E-state index in [2.05, 4.69) is 5.32 Å². The molecular formula is C14H15ClN2O7. The van der Waals surface area contributed by atoms with Gasteiger partial charge in [-0.25, -0.2) is 9.59 Å². The number of non-ortho nitro benzene ring substituents is 1. The molecule has 0 heterocycles. The highest BCUT2D eigenvalue weighted by Gasteiger charge is 2.32. The first-order chi connectivity index (χ1) is 11.3. The number of carbonyl (C=O) groups is 3. The Morgan fingerprint density at radius 2 is 1.75 bits per heavy atom. The third-order valence-electron chi connectivity index (χ3n) is 2.73. The van der Waals surface area contributed by atoms with E-state index in [0.717, 1.165) is 12.1 Å². The van der Waals surface area contributed by atoms with Crippen LogP contribution in [0.4, 0.5) is 5.69 Å². The van der Waals surface area contributed by atoms with Crippen LogP contribution in [0.1, 0.15) is 24.2 Å². The van der Waals surface area contributed by atoms with Crippen molar-refractivity contribution in [3.05, 3.63) is 38.9 Å². The molecule has 1 aromatic carbocycles. The molecule has 0 fully saturated rings. The maximum Gasteiger partial charge on any atom is 0.340 e. The first-order valence-corrected chi connectivity index (χ1v) is 7.27. The van der Waals surface area contributed by atoms with Gasteiger partial charge in [0.2, 0.25) is 6.04 Å². The Kier molecular flexibility index (Phi) is 7.12. The number of halogens is 1. The fraction of sp³-hybridized carbons (Fsp3) is 0.357. The molecule has 9 nitrogen and oxygen atoms in total. The minimum atomic E-state index is -1.70. The van der Waals surface area contributed by atoms with Gasteiger partial charge < -0.3 is 14.8 Å². The van der Waals surface area contributed by atoms with Crippen molar-refractivity contribution >= 4 is 35.1 Å². The van der Waals surface area contributed by atoms with Crippen molar-refractivity contribution in [1.29, 1.82) is 0 Å². The van der Waals surface area contributed by atoms with Gasteiger partial charge in [-0.15, -0.1) is 0 Å². The molecule has 10 heteroatoms. The van der Waals surface area contributed by atoms with Crippen LogP contribution in [-0.4, -0.2) is 42.0 Å². The molecule has 0 spiro atoms. The normalized spacial score (nSPS) is 10.2. The van der Waals surface area contributed by atoms with Gasteiger partial charge in [-0.2, -0.15) is 0 Å². The van der Waals surface area contributed by atoms with Crippen molar-refractivity contribution in [2.45, 2.75) is 19.9 Å². The number of nitrogens with zero attached hydrogens (tertiary/aromatic N) is 1. The molecule has 0 atom stereocenters. The molecule has 0 unspecified atom stereocenters. The first-order valence-electron chi connectivity index (χ1n) is 6.89. The first kappa shape index (κ1) is 19.4. The zero-order chi connectivity index (χ0) is 18.3. The van der Waals surface area contributed by atoms with Crippen LogP contribution >= 0.6 is 11.6 Å². The molecule has 0 aromatic heterocycles. The summed E-state index contributed by atoms with van der Waals surface area (Å²) in [4.78, 5) is 45.9. The lowest BCUT2D eigenvalue weighted by atomic mass is 10.1. The zero-order valence-corrected chi connectivity index (χ0v) is 13.7. The van der Waals surface area contributed by atoms with Crippen molar-refractivity contribution in [3.63, 3.8) is 0 Å². The second kappa shape index (κ2) is 8.82. The Balaban J connectivity index is 3.07. The predicted molar refractivity (Wildman–Crippen MR) is 82.6 cm³/mol. The van der Waals surface area contributed by atoms with E-state index >= 15 is 0 Å². The van der Waals surface area contributed by atoms with E-state index in [9.17, 15) is 24.5 Å². The van der Waals surface area contributed by atoms with Gasteiger partial charge in [-0.05, 0) is 19.9 Å². The van der Waals surface area contributed by atoms with Gasteiger partial charge in [0, 0.05) is 12.1 Å². The van der Waals surface area contributed by atoms with Crippen molar-refractivity contribution in [2.24, 2.45) is 0 Å². The molecule has 1 N–H and O–H groups in total. The summed E-state index contributed by atoms with van der Waals surface area (Å²) in [6, 6.07) is 1.52. The van der Waals surface area contributed by atoms with E-state index in [1.54, 1.807) is 0 Å². The standard InChI is InChI=1S/C14H15ClN2O7/c1-3-23-13(19)11(14(20)24-4-2)16-12(18)9-7-8(17(21)22)5-6-10(9)15/h5-7,11H,3-4H2,1-2H3,(H,16,18). The highest BCUT2D eigenvalue weighted by Crippen LogP contribution is 2.22. The number of nitrogens with one attached hydrogen (secondary N) is 1. The number of esters is 2. The highest BCUT2D eigenvalue weighted by molar-refractivity contribution is 6.34. The van der Waals surface area contributed by atoms with Gasteiger partial charge >= 0.3 is 11.9 Å². The van der Waals surface area contributed by atoms with Crippen LogP contribution in [0.3, 0.4) is 0 Å². The SMILES string of the molecule is CCOC(=O)C(NC(=O)c1cc([N+](=O)[O-])ccc1Cl)C(=O)OCC. The summed E-state index contributed by atoms with van der Waals surface area (Å²) < 4.78 is 9.41. The summed E-state index contributed by atoms with van der Waals surface area (Å²) in [5, 5.41) is 12.8. The molecular weight excluding hydrogens is 344 g/mol. The second-order valence-corrected chi connectivity index (χ2v) is 4.74. The highest BCUT2D eigenvalue weighted by atomic mass is 35.5. The van der Waals surface area contributed by atoms with Gasteiger partial charge in [0.1, 0.15) is 0 Å². The molecule has 0 aliphatic rings. The molecule has 0 saturated heterocycles. The molecule has 130 valence electrons. The lowest BCUT2D eigenvalue weighted by Gasteiger charge is -2.16. The molecule has 0 aliphatic carbocycles. The van der Waals surface area contributed by atoms with Crippen molar-refractivity contribution in [1.82, 2.24) is 5.32 Å². The Morgan fingerprint density at radius 1 is 1.21 bits per heavy atom. The number of carbonyl (C=O) groups excluding carboxylic acids is 3. The molecule has 0 radical (unpaired) electrons. The quantitative estimate of drug-likeness (QED) is 0.338. The molecule has 0 saturated carbocycles. The summed E-state index contributed by atoms with van der Waals surface area (Å²) in [6.07, 6.45) is 0. The third-order valence-corrected chi connectivity index (χ3v) is 3.06. The van der Waals surface area contributed by atoms with E-state index < -0.39 is 28.8 Å². The Hall–Kier alpha value is -2.68. The molecule has 1 rings (SSSR count). The average molecular weight is 359 g/mol. The van der Waals surface area contributed by atoms with Gasteiger partial charge in [0.25, 0.3) is 11.6 Å². The van der Waals surface area contributed by atoms with Gasteiger partial charge in [-0.1, -0.05) is 11.6 Å². The summed E-state index contributed by atoms with van der Waals surface area (Å²) in [5.41, 5.74) is -0.627. The van der Waals surface area contributed by atoms with E-state index in [1.165, 1.54) is 19.9 Å². The van der Waals surface area contributed by atoms with E-state index in [1.807, 2.05) is 0 Å². The van der Waals surface area contributed by atoms with Crippen LogP contribution < -0.4 is 5.32 Å². The summed E-state index contributed by atoms with van der Waals surface area (Å²) >= 11 is 5.84. The van der Waals surface area contributed by atoms with Crippen LogP contribution in [0.15, 0.2) is 18.2 Å².